The van der Waals surface area contributed by atoms with E-state index in [0.717, 1.165) is 29.6 Å². The van der Waals surface area contributed by atoms with Crippen LogP contribution in [0.4, 0.5) is 0 Å². The molecule has 3 rings (SSSR count). The van der Waals surface area contributed by atoms with Crippen molar-refractivity contribution in [2.75, 3.05) is 6.54 Å². The maximum absolute atomic E-state index is 13.3. The Hall–Kier alpha value is -1.95. The molecule has 2 aromatic heterocycles. The topological polar surface area (TPSA) is 77.0 Å². The highest BCUT2D eigenvalue weighted by molar-refractivity contribution is 6.05. The fourth-order valence-corrected chi connectivity index (χ4v) is 3.55. The zero-order chi connectivity index (χ0) is 18.3. The van der Waals surface area contributed by atoms with Gasteiger partial charge in [-0.05, 0) is 45.6 Å². The summed E-state index contributed by atoms with van der Waals surface area (Å²) in [6, 6.07) is 2.49. The number of aromatic nitrogens is 3. The van der Waals surface area contributed by atoms with E-state index in [1.807, 2.05) is 15.6 Å². The zero-order valence-electron chi connectivity index (χ0n) is 15.9. The number of hydrogen-bond donors (Lipinski definition) is 1. The molecule has 0 saturated carbocycles. The van der Waals surface area contributed by atoms with Gasteiger partial charge >= 0.3 is 0 Å². The number of fused-ring (bicyclic) bond motifs is 1. The van der Waals surface area contributed by atoms with Crippen molar-refractivity contribution >= 4 is 16.9 Å². The molecule has 1 saturated heterocycles. The van der Waals surface area contributed by atoms with Crippen molar-refractivity contribution in [2.24, 2.45) is 5.73 Å². The number of hydrogen-bond acceptors (Lipinski definition) is 4. The lowest BCUT2D eigenvalue weighted by molar-refractivity contribution is 0.0621. The fraction of sp³-hybridized carbons (Fsp3) is 0.632. The molecule has 136 valence electrons. The number of rotatable bonds is 3. The van der Waals surface area contributed by atoms with Crippen LogP contribution in [0.1, 0.15) is 75.5 Å². The third-order valence-electron chi connectivity index (χ3n) is 5.08. The van der Waals surface area contributed by atoms with Gasteiger partial charge in [0.25, 0.3) is 5.91 Å². The Morgan fingerprint density at radius 2 is 2.04 bits per heavy atom. The molecule has 6 nitrogen and oxygen atoms in total. The van der Waals surface area contributed by atoms with Crippen LogP contribution in [0.15, 0.2) is 12.3 Å². The van der Waals surface area contributed by atoms with Crippen molar-refractivity contribution in [1.82, 2.24) is 19.7 Å². The average molecular weight is 343 g/mol. The van der Waals surface area contributed by atoms with E-state index >= 15 is 0 Å². The fourth-order valence-electron chi connectivity index (χ4n) is 3.55. The zero-order valence-corrected chi connectivity index (χ0v) is 15.9. The second kappa shape index (κ2) is 6.75. The largest absolute Gasteiger partial charge is 0.336 e. The number of nitrogens with zero attached hydrogens (tertiary/aromatic N) is 4. The first kappa shape index (κ1) is 17.9. The molecule has 3 heterocycles. The summed E-state index contributed by atoms with van der Waals surface area (Å²) >= 11 is 0. The normalized spacial score (nSPS) is 21.5. The van der Waals surface area contributed by atoms with E-state index in [0.29, 0.717) is 12.1 Å². The van der Waals surface area contributed by atoms with E-state index < -0.39 is 0 Å². The third-order valence-corrected chi connectivity index (χ3v) is 5.08. The van der Waals surface area contributed by atoms with Crippen LogP contribution in [0.5, 0.6) is 0 Å². The predicted octanol–water partition coefficient (Wildman–Crippen LogP) is 3.09. The van der Waals surface area contributed by atoms with Crippen LogP contribution in [0.3, 0.4) is 0 Å². The lowest BCUT2D eigenvalue weighted by Crippen LogP contribution is -2.48. The quantitative estimate of drug-likeness (QED) is 0.929. The maximum Gasteiger partial charge on any atom is 0.254 e. The minimum Gasteiger partial charge on any atom is -0.336 e. The van der Waals surface area contributed by atoms with Gasteiger partial charge in [-0.2, -0.15) is 5.10 Å². The van der Waals surface area contributed by atoms with E-state index in [-0.39, 0.29) is 30.0 Å². The van der Waals surface area contributed by atoms with Gasteiger partial charge in [0.05, 0.1) is 17.1 Å². The molecule has 0 spiro atoms. The summed E-state index contributed by atoms with van der Waals surface area (Å²) in [6.45, 7) is 11.1. The van der Waals surface area contributed by atoms with Crippen LogP contribution in [-0.4, -0.2) is 44.2 Å². The molecule has 2 aromatic rings. The second-order valence-corrected chi connectivity index (χ2v) is 7.80. The van der Waals surface area contributed by atoms with Gasteiger partial charge in [0.1, 0.15) is 0 Å². The van der Waals surface area contributed by atoms with Crippen LogP contribution in [0.2, 0.25) is 0 Å². The van der Waals surface area contributed by atoms with E-state index in [1.54, 1.807) is 6.20 Å². The highest BCUT2D eigenvalue weighted by Crippen LogP contribution is 2.27. The third kappa shape index (κ3) is 3.27. The van der Waals surface area contributed by atoms with Gasteiger partial charge in [-0.25, -0.2) is 9.67 Å². The van der Waals surface area contributed by atoms with Crippen LogP contribution in [0, 0.1) is 0 Å². The number of carbonyl (C=O) groups is 1. The average Bonchev–Trinajstić information content (AvgIpc) is 2.97. The Morgan fingerprint density at radius 3 is 2.64 bits per heavy atom. The number of nitrogens with two attached hydrogens (primary N) is 1. The summed E-state index contributed by atoms with van der Waals surface area (Å²) in [6.07, 6.45) is 3.48. The van der Waals surface area contributed by atoms with Crippen molar-refractivity contribution in [2.45, 2.75) is 71.5 Å². The van der Waals surface area contributed by atoms with Crippen molar-refractivity contribution in [3.63, 3.8) is 0 Å². The van der Waals surface area contributed by atoms with Gasteiger partial charge in [0.15, 0.2) is 5.65 Å². The van der Waals surface area contributed by atoms with Gasteiger partial charge in [-0.15, -0.1) is 0 Å². The molecule has 1 aliphatic heterocycles. The molecular weight excluding hydrogens is 314 g/mol. The summed E-state index contributed by atoms with van der Waals surface area (Å²) < 4.78 is 1.90. The smallest absolute Gasteiger partial charge is 0.254 e. The highest BCUT2D eigenvalue weighted by atomic mass is 16.2. The van der Waals surface area contributed by atoms with Gasteiger partial charge in [0.2, 0.25) is 0 Å². The Morgan fingerprint density at radius 1 is 1.32 bits per heavy atom. The summed E-state index contributed by atoms with van der Waals surface area (Å²) in [4.78, 5) is 20.0. The summed E-state index contributed by atoms with van der Waals surface area (Å²) in [5, 5.41) is 5.32. The molecule has 0 bridgehead atoms. The highest BCUT2D eigenvalue weighted by Gasteiger charge is 2.30. The summed E-state index contributed by atoms with van der Waals surface area (Å²) in [7, 11) is 0. The van der Waals surface area contributed by atoms with E-state index in [1.165, 1.54) is 0 Å². The maximum atomic E-state index is 13.3. The van der Waals surface area contributed by atoms with Crippen LogP contribution in [-0.2, 0) is 0 Å². The minimum absolute atomic E-state index is 0.0667. The molecule has 25 heavy (non-hydrogen) atoms. The predicted molar refractivity (Wildman–Crippen MR) is 99.7 cm³/mol. The van der Waals surface area contributed by atoms with Gasteiger partial charge in [-0.3, -0.25) is 4.79 Å². The van der Waals surface area contributed by atoms with Gasteiger partial charge in [-0.1, -0.05) is 13.8 Å². The SMILES string of the molecule is CC(C)c1cc(C(=O)N2CC[C@H](N)C[C@@H]2C)c2cnn(C(C)C)c2n1. The van der Waals surface area contributed by atoms with Crippen LogP contribution >= 0.6 is 0 Å². The molecule has 1 aliphatic rings. The van der Waals surface area contributed by atoms with E-state index in [4.69, 9.17) is 10.7 Å². The Labute approximate surface area is 149 Å². The Balaban J connectivity index is 2.09. The molecule has 0 unspecified atom stereocenters. The monoisotopic (exact) mass is 343 g/mol. The van der Waals surface area contributed by atoms with E-state index in [2.05, 4.69) is 39.7 Å². The number of piperidine rings is 1. The van der Waals surface area contributed by atoms with Gasteiger partial charge < -0.3 is 10.6 Å². The number of carbonyl (C=O) groups excluding carboxylic acids is 1. The second-order valence-electron chi connectivity index (χ2n) is 7.80. The van der Waals surface area contributed by atoms with E-state index in [9.17, 15) is 4.79 Å². The minimum atomic E-state index is 0.0667. The van der Waals surface area contributed by atoms with Crippen molar-refractivity contribution < 1.29 is 4.79 Å². The number of pyridine rings is 1. The first-order valence-corrected chi connectivity index (χ1v) is 9.24. The lowest BCUT2D eigenvalue weighted by Gasteiger charge is -2.36. The molecule has 6 heteroatoms. The molecule has 1 amide bonds. The molecule has 2 N–H and O–H groups in total. The first-order chi connectivity index (χ1) is 11.8. The standard InChI is InChI=1S/C19H29N5O/c1-11(2)17-9-15(16-10-21-24(12(3)4)18(16)22-17)19(25)23-7-6-14(20)8-13(23)5/h9-14H,6-8,20H2,1-5H3/t13-,14-/m0/s1. The Kier molecular flexibility index (Phi) is 4.82. The summed E-state index contributed by atoms with van der Waals surface area (Å²) in [5.74, 6) is 0.315. The molecule has 0 aromatic carbocycles. The van der Waals surface area contributed by atoms with Crippen LogP contribution in [0.25, 0.3) is 11.0 Å². The summed E-state index contributed by atoms with van der Waals surface area (Å²) in [5.41, 5.74) is 8.49. The molecular formula is C19H29N5O. The van der Waals surface area contributed by atoms with Crippen molar-refractivity contribution in [3.05, 3.63) is 23.5 Å². The van der Waals surface area contributed by atoms with Gasteiger partial charge in [0, 0.05) is 30.4 Å². The van der Waals surface area contributed by atoms with Crippen molar-refractivity contribution in [3.8, 4) is 0 Å². The first-order valence-electron chi connectivity index (χ1n) is 9.24. The Bertz CT molecular complexity index is 779. The molecule has 0 radical (unpaired) electrons. The van der Waals surface area contributed by atoms with Crippen molar-refractivity contribution in [1.29, 1.82) is 0 Å². The number of amides is 1. The lowest BCUT2D eigenvalue weighted by atomic mass is 9.97. The number of likely N-dealkylation sites (tertiary alicyclic amines) is 1. The molecule has 1 fully saturated rings. The molecule has 0 aliphatic carbocycles. The van der Waals surface area contributed by atoms with Crippen LogP contribution < -0.4 is 5.73 Å². The molecule has 2 atom stereocenters.